The molecular weight excluding hydrogens is 371 g/mol. The van der Waals surface area contributed by atoms with E-state index in [1.54, 1.807) is 12.1 Å². The molecule has 3 aromatic rings. The first-order valence-electron chi connectivity index (χ1n) is 8.31. The molecule has 0 aliphatic carbocycles. The molecule has 0 atom stereocenters. The second-order valence-electron chi connectivity index (χ2n) is 6.02. The first kappa shape index (κ1) is 17.2. The highest BCUT2D eigenvalue weighted by atomic mass is 32.2. The van der Waals surface area contributed by atoms with Crippen molar-refractivity contribution in [1.29, 1.82) is 0 Å². The monoisotopic (exact) mass is 388 g/mol. The molecule has 1 fully saturated rings. The molecule has 1 N–H and O–H groups in total. The third-order valence-electron chi connectivity index (χ3n) is 4.25. The maximum absolute atomic E-state index is 13.3. The van der Waals surface area contributed by atoms with Crippen LogP contribution in [-0.4, -0.2) is 35.2 Å². The molecule has 5 nitrogen and oxygen atoms in total. The first-order chi connectivity index (χ1) is 12.6. The lowest BCUT2D eigenvalue weighted by atomic mass is 10.3. The van der Waals surface area contributed by atoms with Gasteiger partial charge in [0.2, 0.25) is 0 Å². The van der Waals surface area contributed by atoms with E-state index in [9.17, 15) is 9.18 Å². The molecule has 26 heavy (non-hydrogen) atoms. The predicted molar refractivity (Wildman–Crippen MR) is 105 cm³/mol. The van der Waals surface area contributed by atoms with E-state index in [4.69, 9.17) is 0 Å². The summed E-state index contributed by atoms with van der Waals surface area (Å²) in [5.41, 5.74) is 0.433. The fourth-order valence-corrected chi connectivity index (χ4v) is 4.36. The summed E-state index contributed by atoms with van der Waals surface area (Å²) in [4.78, 5) is 25.4. The Balaban J connectivity index is 1.70. The number of hydrogen-bond acceptors (Lipinski definition) is 6. The van der Waals surface area contributed by atoms with Gasteiger partial charge in [0.25, 0.3) is 5.91 Å². The second kappa shape index (κ2) is 7.20. The average molecular weight is 388 g/mol. The first-order valence-corrected chi connectivity index (χ1v) is 10.4. The van der Waals surface area contributed by atoms with Gasteiger partial charge < -0.3 is 10.2 Å². The highest BCUT2D eigenvalue weighted by molar-refractivity contribution is 7.98. The largest absolute Gasteiger partial charge is 0.356 e. The van der Waals surface area contributed by atoms with Gasteiger partial charge in [-0.2, -0.15) is 0 Å². The van der Waals surface area contributed by atoms with E-state index in [1.807, 2.05) is 12.3 Å². The van der Waals surface area contributed by atoms with Crippen LogP contribution in [-0.2, 0) is 0 Å². The van der Waals surface area contributed by atoms with Gasteiger partial charge >= 0.3 is 0 Å². The van der Waals surface area contributed by atoms with Crippen LogP contribution in [0.25, 0.3) is 10.2 Å². The summed E-state index contributed by atoms with van der Waals surface area (Å²) in [6, 6.07) is 7.71. The van der Waals surface area contributed by atoms with Crippen LogP contribution in [0.1, 0.15) is 22.5 Å². The van der Waals surface area contributed by atoms with Crippen LogP contribution >= 0.6 is 23.1 Å². The number of nitrogens with one attached hydrogen (secondary N) is 1. The summed E-state index contributed by atoms with van der Waals surface area (Å²) in [5.74, 6) is 0.250. The van der Waals surface area contributed by atoms with Gasteiger partial charge in [0, 0.05) is 18.8 Å². The van der Waals surface area contributed by atoms with Crippen LogP contribution in [0, 0.1) is 5.82 Å². The van der Waals surface area contributed by atoms with E-state index >= 15 is 0 Å². The molecule has 1 aliphatic rings. The van der Waals surface area contributed by atoms with Gasteiger partial charge in [0.05, 0.1) is 10.3 Å². The molecule has 0 bridgehead atoms. The quantitative estimate of drug-likeness (QED) is 0.530. The van der Waals surface area contributed by atoms with Crippen LogP contribution < -0.4 is 10.2 Å². The number of carbonyl (C=O) groups is 1. The highest BCUT2D eigenvalue weighted by Crippen LogP contribution is 2.34. The topological polar surface area (TPSA) is 58.1 Å². The Labute approximate surface area is 158 Å². The van der Waals surface area contributed by atoms with Gasteiger partial charge in [-0.1, -0.05) is 17.8 Å². The maximum Gasteiger partial charge on any atom is 0.265 e. The van der Waals surface area contributed by atoms with Crippen molar-refractivity contribution in [2.45, 2.75) is 18.0 Å². The lowest BCUT2D eigenvalue weighted by Crippen LogP contribution is -2.19. The summed E-state index contributed by atoms with van der Waals surface area (Å²) in [7, 11) is 0. The number of carbonyl (C=O) groups excluding carboxylic acids is 1. The summed E-state index contributed by atoms with van der Waals surface area (Å²) in [6.07, 6.45) is 4.24. The van der Waals surface area contributed by atoms with Gasteiger partial charge in [-0.3, -0.25) is 4.79 Å². The van der Waals surface area contributed by atoms with E-state index < -0.39 is 0 Å². The lowest BCUT2D eigenvalue weighted by Gasteiger charge is -2.17. The van der Waals surface area contributed by atoms with Crippen molar-refractivity contribution < 1.29 is 9.18 Å². The summed E-state index contributed by atoms with van der Waals surface area (Å²) in [5, 5.41) is 4.35. The number of anilines is 2. The fraction of sp³-hybridized carbons (Fsp3) is 0.278. The number of thiophene rings is 1. The van der Waals surface area contributed by atoms with Gasteiger partial charge in [-0.15, -0.1) is 11.3 Å². The van der Waals surface area contributed by atoms with Crippen molar-refractivity contribution in [3.8, 4) is 0 Å². The molecule has 1 aromatic carbocycles. The van der Waals surface area contributed by atoms with Crippen molar-refractivity contribution in [2.24, 2.45) is 0 Å². The Bertz CT molecular complexity index is 969. The Morgan fingerprint density at radius 3 is 2.81 bits per heavy atom. The predicted octanol–water partition coefficient (Wildman–Crippen LogP) is 4.40. The van der Waals surface area contributed by atoms with E-state index in [2.05, 4.69) is 20.2 Å². The van der Waals surface area contributed by atoms with Crippen LogP contribution in [0.3, 0.4) is 0 Å². The van der Waals surface area contributed by atoms with Gasteiger partial charge in [0.15, 0.2) is 5.16 Å². The van der Waals surface area contributed by atoms with Crippen molar-refractivity contribution in [3.05, 3.63) is 41.0 Å². The summed E-state index contributed by atoms with van der Waals surface area (Å²) in [6.45, 7) is 1.95. The lowest BCUT2D eigenvalue weighted by molar-refractivity contribution is 0.103. The Hall–Kier alpha value is -2.19. The minimum absolute atomic E-state index is 0.267. The number of thioether (sulfide) groups is 1. The zero-order valence-corrected chi connectivity index (χ0v) is 15.8. The third kappa shape index (κ3) is 3.39. The standard InChI is InChI=1S/C18H17FN4OS2/c1-25-18-21-15(23-7-2-3-8-23)13-10-14(26-17(13)22-18)16(24)20-12-6-4-5-11(19)9-12/h4-6,9-10H,2-3,7-8H2,1H3,(H,20,24). The molecule has 1 aliphatic heterocycles. The molecule has 0 unspecified atom stereocenters. The SMILES string of the molecule is CSc1nc(N2CCCC2)c2cc(C(=O)Nc3cccc(F)c3)sc2n1. The smallest absolute Gasteiger partial charge is 0.265 e. The minimum Gasteiger partial charge on any atom is -0.356 e. The molecule has 1 saturated heterocycles. The van der Waals surface area contributed by atoms with Crippen molar-refractivity contribution in [3.63, 3.8) is 0 Å². The number of fused-ring (bicyclic) bond motifs is 1. The molecule has 4 rings (SSSR count). The molecule has 2 aromatic heterocycles. The van der Waals surface area contributed by atoms with Gasteiger partial charge in [-0.25, -0.2) is 14.4 Å². The molecule has 8 heteroatoms. The van der Waals surface area contributed by atoms with Crippen molar-refractivity contribution in [1.82, 2.24) is 9.97 Å². The van der Waals surface area contributed by atoms with Crippen LogP contribution in [0.2, 0.25) is 0 Å². The number of nitrogens with zero attached hydrogens (tertiary/aromatic N) is 3. The van der Waals surface area contributed by atoms with Crippen molar-refractivity contribution >= 4 is 50.7 Å². The number of amides is 1. The number of benzene rings is 1. The van der Waals surface area contributed by atoms with Gasteiger partial charge in [0.1, 0.15) is 16.5 Å². The van der Waals surface area contributed by atoms with Crippen LogP contribution in [0.4, 0.5) is 15.9 Å². The zero-order chi connectivity index (χ0) is 18.1. The van der Waals surface area contributed by atoms with E-state index in [0.717, 1.165) is 42.0 Å². The average Bonchev–Trinajstić information content (AvgIpc) is 3.30. The number of halogens is 1. The molecule has 1 amide bonds. The van der Waals surface area contributed by atoms with Crippen LogP contribution in [0.5, 0.6) is 0 Å². The van der Waals surface area contributed by atoms with Crippen molar-refractivity contribution in [2.75, 3.05) is 29.6 Å². The molecule has 0 radical (unpaired) electrons. The Morgan fingerprint density at radius 2 is 2.08 bits per heavy atom. The summed E-state index contributed by atoms with van der Waals surface area (Å²) >= 11 is 2.83. The maximum atomic E-state index is 13.3. The third-order valence-corrected chi connectivity index (χ3v) is 5.82. The Morgan fingerprint density at radius 1 is 1.27 bits per heavy atom. The van der Waals surface area contributed by atoms with E-state index in [1.165, 1.54) is 35.2 Å². The second-order valence-corrected chi connectivity index (χ2v) is 7.83. The molecule has 0 spiro atoms. The molecular formula is C18H17FN4OS2. The van der Waals surface area contributed by atoms with Crippen LogP contribution in [0.15, 0.2) is 35.5 Å². The zero-order valence-electron chi connectivity index (χ0n) is 14.2. The minimum atomic E-state index is -0.383. The number of aromatic nitrogens is 2. The highest BCUT2D eigenvalue weighted by Gasteiger charge is 2.21. The molecule has 0 saturated carbocycles. The molecule has 3 heterocycles. The number of rotatable bonds is 4. The fourth-order valence-electron chi connectivity index (χ4n) is 3.02. The molecule has 134 valence electrons. The van der Waals surface area contributed by atoms with Gasteiger partial charge in [-0.05, 0) is 43.4 Å². The Kier molecular flexibility index (Phi) is 4.78. The van der Waals surface area contributed by atoms with E-state index in [-0.39, 0.29) is 11.7 Å². The normalized spacial score (nSPS) is 14.2. The summed E-state index contributed by atoms with van der Waals surface area (Å²) < 4.78 is 13.3. The number of hydrogen-bond donors (Lipinski definition) is 1. The van der Waals surface area contributed by atoms with E-state index in [0.29, 0.717) is 15.7 Å².